The first-order valence-electron chi connectivity index (χ1n) is 8.10. The summed E-state index contributed by atoms with van der Waals surface area (Å²) in [6.45, 7) is 0.139. The number of thioether (sulfide) groups is 1. The smallest absolute Gasteiger partial charge is 0.348 e. The van der Waals surface area contributed by atoms with Crippen molar-refractivity contribution in [3.05, 3.63) is 50.0 Å². The molecule has 0 atom stereocenters. The molecule has 0 radical (unpaired) electrons. The van der Waals surface area contributed by atoms with Gasteiger partial charge in [-0.05, 0) is 37.5 Å². The fourth-order valence-corrected chi connectivity index (χ4v) is 4.40. The summed E-state index contributed by atoms with van der Waals surface area (Å²) in [5.41, 5.74) is 2.05. The van der Waals surface area contributed by atoms with Crippen LogP contribution in [0, 0.1) is 0 Å². The highest BCUT2D eigenvalue weighted by atomic mass is 35.5. The van der Waals surface area contributed by atoms with Crippen molar-refractivity contribution in [2.75, 3.05) is 17.7 Å². The van der Waals surface area contributed by atoms with Crippen LogP contribution >= 0.6 is 35.0 Å². The number of hydrogen-bond donors (Lipinski definition) is 2. The van der Waals surface area contributed by atoms with E-state index in [0.29, 0.717) is 20.8 Å². The van der Waals surface area contributed by atoms with E-state index in [0.717, 1.165) is 30.5 Å². The van der Waals surface area contributed by atoms with E-state index < -0.39 is 0 Å². The van der Waals surface area contributed by atoms with Crippen LogP contribution in [0.3, 0.4) is 0 Å². The predicted molar refractivity (Wildman–Crippen MR) is 103 cm³/mol. The molecule has 9 heteroatoms. The van der Waals surface area contributed by atoms with Gasteiger partial charge >= 0.3 is 5.69 Å². The number of anilines is 1. The molecule has 1 aliphatic carbocycles. The van der Waals surface area contributed by atoms with Gasteiger partial charge < -0.3 is 10.4 Å². The van der Waals surface area contributed by atoms with E-state index in [4.69, 9.17) is 28.3 Å². The maximum atomic E-state index is 12.2. The topological polar surface area (TPSA) is 84.2 Å². The fraction of sp³-hybridized carbons (Fsp3) is 0.353. The molecule has 1 aliphatic rings. The zero-order chi connectivity index (χ0) is 18.7. The third-order valence-electron chi connectivity index (χ3n) is 4.01. The van der Waals surface area contributed by atoms with Gasteiger partial charge in [-0.2, -0.15) is 4.98 Å². The molecule has 1 amide bonds. The van der Waals surface area contributed by atoms with Gasteiger partial charge in [0.15, 0.2) is 0 Å². The molecule has 1 aromatic carbocycles. The third-order valence-corrected chi connectivity index (χ3v) is 5.46. The Balaban J connectivity index is 1.72. The SMILES string of the molecule is O=C(CSc1nc(=O)n(CCO)c2c1CCC2)Nc1cc(Cl)cc(Cl)c1. The lowest BCUT2D eigenvalue weighted by Gasteiger charge is -2.13. The van der Waals surface area contributed by atoms with Crippen molar-refractivity contribution in [3.63, 3.8) is 0 Å². The van der Waals surface area contributed by atoms with Crippen LogP contribution in [-0.2, 0) is 24.2 Å². The zero-order valence-corrected chi connectivity index (χ0v) is 16.1. The number of rotatable bonds is 6. The number of aromatic nitrogens is 2. The number of halogens is 2. The predicted octanol–water partition coefficient (Wildman–Crippen LogP) is 2.76. The highest BCUT2D eigenvalue weighted by molar-refractivity contribution is 8.00. The van der Waals surface area contributed by atoms with Crippen molar-refractivity contribution < 1.29 is 9.90 Å². The Hall–Kier alpha value is -1.54. The molecular weight excluding hydrogens is 397 g/mol. The van der Waals surface area contributed by atoms with E-state index in [-0.39, 0.29) is 30.5 Å². The van der Waals surface area contributed by atoms with Crippen LogP contribution in [0.4, 0.5) is 5.69 Å². The van der Waals surface area contributed by atoms with Gasteiger partial charge in [0.25, 0.3) is 0 Å². The Morgan fingerprint density at radius 2 is 2.00 bits per heavy atom. The number of amides is 1. The number of hydrogen-bond acceptors (Lipinski definition) is 5. The van der Waals surface area contributed by atoms with Gasteiger partial charge in [-0.25, -0.2) is 4.79 Å². The minimum Gasteiger partial charge on any atom is -0.395 e. The van der Waals surface area contributed by atoms with Crippen LogP contribution in [0.15, 0.2) is 28.0 Å². The number of fused-ring (bicyclic) bond motifs is 1. The van der Waals surface area contributed by atoms with Crippen molar-refractivity contribution in [1.29, 1.82) is 0 Å². The molecule has 0 bridgehead atoms. The number of aliphatic hydroxyl groups excluding tert-OH is 1. The first-order valence-corrected chi connectivity index (χ1v) is 9.84. The molecule has 0 fully saturated rings. The molecule has 1 heterocycles. The molecule has 26 heavy (non-hydrogen) atoms. The molecule has 3 rings (SSSR count). The second kappa shape index (κ2) is 8.43. The fourth-order valence-electron chi connectivity index (χ4n) is 2.99. The summed E-state index contributed by atoms with van der Waals surface area (Å²) in [6, 6.07) is 4.81. The van der Waals surface area contributed by atoms with Gasteiger partial charge in [0.2, 0.25) is 5.91 Å². The molecule has 0 saturated carbocycles. The standard InChI is InChI=1S/C17H17Cl2N3O3S/c18-10-6-11(19)8-12(7-10)20-15(24)9-26-16-13-2-1-3-14(13)22(4-5-23)17(25)21-16/h6-8,23H,1-5,9H2,(H,20,24). The second-order valence-electron chi connectivity index (χ2n) is 5.85. The Morgan fingerprint density at radius 3 is 2.69 bits per heavy atom. The number of carbonyl (C=O) groups is 1. The summed E-state index contributed by atoms with van der Waals surface area (Å²) in [5.74, 6) is -0.117. The lowest BCUT2D eigenvalue weighted by Crippen LogP contribution is -2.28. The molecule has 0 saturated heterocycles. The van der Waals surface area contributed by atoms with Crippen molar-refractivity contribution in [1.82, 2.24) is 9.55 Å². The third kappa shape index (κ3) is 4.40. The van der Waals surface area contributed by atoms with Gasteiger partial charge in [-0.1, -0.05) is 35.0 Å². The van der Waals surface area contributed by atoms with Crippen LogP contribution in [0.25, 0.3) is 0 Å². The maximum Gasteiger partial charge on any atom is 0.348 e. The number of aliphatic hydroxyl groups is 1. The molecule has 0 unspecified atom stereocenters. The zero-order valence-electron chi connectivity index (χ0n) is 13.8. The van der Waals surface area contributed by atoms with Gasteiger partial charge in [-0.15, -0.1) is 0 Å². The van der Waals surface area contributed by atoms with E-state index >= 15 is 0 Å². The van der Waals surface area contributed by atoms with Crippen molar-refractivity contribution >= 4 is 46.6 Å². The maximum absolute atomic E-state index is 12.2. The van der Waals surface area contributed by atoms with E-state index in [1.807, 2.05) is 0 Å². The Labute approximate surface area is 164 Å². The first kappa shape index (κ1) is 19.2. The summed E-state index contributed by atoms with van der Waals surface area (Å²) >= 11 is 13.1. The average Bonchev–Trinajstić information content (AvgIpc) is 3.04. The summed E-state index contributed by atoms with van der Waals surface area (Å²) < 4.78 is 1.53. The molecule has 6 nitrogen and oxygen atoms in total. The summed E-state index contributed by atoms with van der Waals surface area (Å²) in [4.78, 5) is 28.5. The van der Waals surface area contributed by atoms with Crippen LogP contribution in [-0.4, -0.2) is 32.9 Å². The number of nitrogens with zero attached hydrogens (tertiary/aromatic N) is 2. The molecular formula is C17H17Cl2N3O3S. The summed E-state index contributed by atoms with van der Waals surface area (Å²) in [5, 5.41) is 13.3. The number of nitrogens with one attached hydrogen (secondary N) is 1. The normalized spacial score (nSPS) is 12.9. The van der Waals surface area contributed by atoms with Crippen molar-refractivity contribution in [2.45, 2.75) is 30.8 Å². The lowest BCUT2D eigenvalue weighted by atomic mass is 10.2. The van der Waals surface area contributed by atoms with E-state index in [1.165, 1.54) is 16.3 Å². The minimum absolute atomic E-state index is 0.106. The molecule has 2 N–H and O–H groups in total. The molecule has 2 aromatic rings. The number of carbonyl (C=O) groups excluding carboxylic acids is 1. The van der Waals surface area contributed by atoms with E-state index in [1.54, 1.807) is 18.2 Å². The van der Waals surface area contributed by atoms with Gasteiger partial charge in [0, 0.05) is 27.0 Å². The summed E-state index contributed by atoms with van der Waals surface area (Å²) in [7, 11) is 0. The highest BCUT2D eigenvalue weighted by Crippen LogP contribution is 2.29. The molecule has 138 valence electrons. The van der Waals surface area contributed by atoms with E-state index in [2.05, 4.69) is 10.3 Å². The van der Waals surface area contributed by atoms with Gasteiger partial charge in [0.1, 0.15) is 5.03 Å². The van der Waals surface area contributed by atoms with Crippen molar-refractivity contribution in [3.8, 4) is 0 Å². The Morgan fingerprint density at radius 1 is 1.27 bits per heavy atom. The highest BCUT2D eigenvalue weighted by Gasteiger charge is 2.22. The Kier molecular flexibility index (Phi) is 6.24. The number of benzene rings is 1. The molecule has 1 aromatic heterocycles. The minimum atomic E-state index is -0.385. The van der Waals surface area contributed by atoms with Crippen LogP contribution in [0.2, 0.25) is 10.0 Å². The second-order valence-corrected chi connectivity index (χ2v) is 7.69. The summed E-state index contributed by atoms with van der Waals surface area (Å²) in [6.07, 6.45) is 2.54. The Bertz CT molecular complexity index is 881. The lowest BCUT2D eigenvalue weighted by molar-refractivity contribution is -0.113. The van der Waals surface area contributed by atoms with Crippen LogP contribution < -0.4 is 11.0 Å². The van der Waals surface area contributed by atoms with Crippen LogP contribution in [0.1, 0.15) is 17.7 Å². The van der Waals surface area contributed by atoms with Crippen molar-refractivity contribution in [2.24, 2.45) is 0 Å². The largest absolute Gasteiger partial charge is 0.395 e. The first-order chi connectivity index (χ1) is 12.5. The van der Waals surface area contributed by atoms with E-state index in [9.17, 15) is 9.59 Å². The molecule has 0 spiro atoms. The van der Waals surface area contributed by atoms with Gasteiger partial charge in [0.05, 0.1) is 18.9 Å². The quantitative estimate of drug-likeness (QED) is 0.561. The average molecular weight is 414 g/mol. The van der Waals surface area contributed by atoms with Gasteiger partial charge in [-0.3, -0.25) is 9.36 Å². The monoisotopic (exact) mass is 413 g/mol. The van der Waals surface area contributed by atoms with Crippen LogP contribution in [0.5, 0.6) is 0 Å². The molecule has 0 aliphatic heterocycles.